The second kappa shape index (κ2) is 9.66. The van der Waals surface area contributed by atoms with Gasteiger partial charge in [-0.15, -0.1) is 0 Å². The lowest BCUT2D eigenvalue weighted by molar-refractivity contribution is -0.137. The Hall–Kier alpha value is -3.66. The van der Waals surface area contributed by atoms with Crippen LogP contribution < -0.4 is 5.73 Å². The predicted octanol–water partition coefficient (Wildman–Crippen LogP) is 5.01. The van der Waals surface area contributed by atoms with Crippen molar-refractivity contribution < 1.29 is 27.5 Å². The van der Waals surface area contributed by atoms with Crippen molar-refractivity contribution in [2.75, 3.05) is 33.0 Å². The number of alkyl halides is 3. The lowest BCUT2D eigenvalue weighted by Crippen LogP contribution is -2.30. The summed E-state index contributed by atoms with van der Waals surface area (Å²) in [4.78, 5) is 27.5. The summed E-state index contributed by atoms with van der Waals surface area (Å²) in [5.41, 5.74) is 8.15. The number of rotatable bonds is 6. The highest BCUT2D eigenvalue weighted by Gasteiger charge is 2.38. The summed E-state index contributed by atoms with van der Waals surface area (Å²) in [6.45, 7) is 4.76. The Morgan fingerprint density at radius 1 is 1.16 bits per heavy atom. The SMILES string of the molecule is COCCN(C)C(=O)c1ccc(-n2nc(-c3ccc(C(F)(F)F)cc3)c3c2CC(C)(C)CC3=O)c(N)c1. The third kappa shape index (κ3) is 5.24. The van der Waals surface area contributed by atoms with Crippen LogP contribution in [0.5, 0.6) is 0 Å². The van der Waals surface area contributed by atoms with Crippen molar-refractivity contribution in [2.24, 2.45) is 5.41 Å². The zero-order valence-corrected chi connectivity index (χ0v) is 21.1. The molecular weight excluding hydrogens is 485 g/mol. The van der Waals surface area contributed by atoms with E-state index in [1.807, 2.05) is 13.8 Å². The van der Waals surface area contributed by atoms with Crippen molar-refractivity contribution >= 4 is 17.4 Å². The first-order valence-corrected chi connectivity index (χ1v) is 11.8. The van der Waals surface area contributed by atoms with Gasteiger partial charge in [0, 0.05) is 38.2 Å². The van der Waals surface area contributed by atoms with Gasteiger partial charge in [0.15, 0.2) is 5.78 Å². The van der Waals surface area contributed by atoms with Crippen LogP contribution in [0.1, 0.15) is 52.2 Å². The molecule has 0 unspecified atom stereocenters. The number of anilines is 1. The average Bonchev–Trinajstić information content (AvgIpc) is 3.19. The second-order valence-electron chi connectivity index (χ2n) is 10.1. The lowest BCUT2D eigenvalue weighted by Gasteiger charge is -2.29. The maximum Gasteiger partial charge on any atom is 0.416 e. The number of amides is 1. The molecule has 37 heavy (non-hydrogen) atoms. The molecule has 7 nitrogen and oxygen atoms in total. The van der Waals surface area contributed by atoms with E-state index in [2.05, 4.69) is 5.10 Å². The molecule has 10 heteroatoms. The second-order valence-corrected chi connectivity index (χ2v) is 10.1. The van der Waals surface area contributed by atoms with Crippen LogP contribution in [0.2, 0.25) is 0 Å². The van der Waals surface area contributed by atoms with E-state index >= 15 is 0 Å². The van der Waals surface area contributed by atoms with E-state index in [1.165, 1.54) is 17.0 Å². The van der Waals surface area contributed by atoms with Gasteiger partial charge in [-0.25, -0.2) is 4.68 Å². The molecule has 0 fully saturated rings. The Kier molecular flexibility index (Phi) is 6.89. The number of fused-ring (bicyclic) bond motifs is 1. The standard InChI is InChI=1S/C27H29F3N4O3/c1-26(2)14-21-23(22(35)15-26)24(16-5-8-18(9-6-16)27(28,29)30)32-34(21)20-10-7-17(13-19(20)31)25(36)33(3)11-12-37-4/h5-10,13H,11-12,14-15,31H2,1-4H3. The maximum atomic E-state index is 13.2. The first-order chi connectivity index (χ1) is 17.3. The Morgan fingerprint density at radius 3 is 2.43 bits per heavy atom. The summed E-state index contributed by atoms with van der Waals surface area (Å²) >= 11 is 0. The number of likely N-dealkylation sites (N-methyl/N-ethyl adjacent to an activating group) is 1. The molecule has 0 spiro atoms. The molecule has 4 rings (SSSR count). The van der Waals surface area contributed by atoms with Crippen LogP contribution in [0.3, 0.4) is 0 Å². The molecule has 1 aliphatic rings. The van der Waals surface area contributed by atoms with Gasteiger partial charge in [-0.1, -0.05) is 26.0 Å². The number of methoxy groups -OCH3 is 1. The van der Waals surface area contributed by atoms with Gasteiger partial charge in [-0.05, 0) is 42.2 Å². The van der Waals surface area contributed by atoms with E-state index in [0.29, 0.717) is 53.3 Å². The van der Waals surface area contributed by atoms with E-state index in [9.17, 15) is 22.8 Å². The highest BCUT2D eigenvalue weighted by atomic mass is 19.4. The molecule has 2 aromatic carbocycles. The Bertz CT molecular complexity index is 1340. The number of carbonyl (C=O) groups is 2. The molecule has 3 aromatic rings. The molecule has 0 aliphatic heterocycles. The minimum absolute atomic E-state index is 0.127. The van der Waals surface area contributed by atoms with Crippen molar-refractivity contribution in [3.8, 4) is 16.9 Å². The van der Waals surface area contributed by atoms with Gasteiger partial charge in [0.1, 0.15) is 5.69 Å². The number of aromatic nitrogens is 2. The molecule has 1 amide bonds. The first-order valence-electron chi connectivity index (χ1n) is 11.8. The number of benzene rings is 2. The van der Waals surface area contributed by atoms with Crippen LogP contribution in [0.25, 0.3) is 16.9 Å². The van der Waals surface area contributed by atoms with Crippen LogP contribution in [-0.2, 0) is 17.3 Å². The summed E-state index contributed by atoms with van der Waals surface area (Å²) in [7, 11) is 3.22. The number of ether oxygens (including phenoxy) is 1. The van der Waals surface area contributed by atoms with E-state index in [1.54, 1.807) is 37.0 Å². The quantitative estimate of drug-likeness (QED) is 0.467. The van der Waals surface area contributed by atoms with Gasteiger partial charge in [0.2, 0.25) is 0 Å². The molecule has 2 N–H and O–H groups in total. The largest absolute Gasteiger partial charge is 0.416 e. The van der Waals surface area contributed by atoms with Gasteiger partial charge in [0.25, 0.3) is 5.91 Å². The first kappa shape index (κ1) is 26.4. The van der Waals surface area contributed by atoms with Gasteiger partial charge in [-0.2, -0.15) is 18.3 Å². The fraction of sp³-hybridized carbons (Fsp3) is 0.370. The van der Waals surface area contributed by atoms with Crippen LogP contribution in [-0.4, -0.2) is 53.7 Å². The van der Waals surface area contributed by atoms with Crippen molar-refractivity contribution in [3.63, 3.8) is 0 Å². The number of nitrogens with zero attached hydrogens (tertiary/aromatic N) is 3. The molecule has 1 heterocycles. The number of hydrogen-bond donors (Lipinski definition) is 1. The number of nitrogen functional groups attached to an aromatic ring is 1. The fourth-order valence-electron chi connectivity index (χ4n) is 4.60. The molecule has 0 saturated heterocycles. The molecule has 1 aromatic heterocycles. The summed E-state index contributed by atoms with van der Waals surface area (Å²) in [6, 6.07) is 9.47. The summed E-state index contributed by atoms with van der Waals surface area (Å²) in [6.07, 6.45) is -3.67. The molecular formula is C27H29F3N4O3. The highest BCUT2D eigenvalue weighted by molar-refractivity contribution is 6.04. The number of nitrogens with two attached hydrogens (primary N) is 1. The lowest BCUT2D eigenvalue weighted by atomic mass is 9.75. The number of carbonyl (C=O) groups excluding carboxylic acids is 2. The average molecular weight is 515 g/mol. The van der Waals surface area contributed by atoms with Crippen molar-refractivity contribution in [3.05, 3.63) is 64.8 Å². The van der Waals surface area contributed by atoms with Crippen LogP contribution in [0.4, 0.5) is 18.9 Å². The summed E-state index contributed by atoms with van der Waals surface area (Å²) < 4.78 is 45.9. The number of Topliss-reactive ketones (excluding diaryl/α,β-unsaturated/α-hetero) is 1. The monoisotopic (exact) mass is 514 g/mol. The maximum absolute atomic E-state index is 13.2. The molecule has 196 valence electrons. The summed E-state index contributed by atoms with van der Waals surface area (Å²) in [5.74, 6) is -0.350. The van der Waals surface area contributed by atoms with E-state index in [0.717, 1.165) is 12.1 Å². The van der Waals surface area contributed by atoms with Gasteiger partial charge in [0.05, 0.1) is 34.8 Å². The molecule has 0 saturated carbocycles. The van der Waals surface area contributed by atoms with Crippen LogP contribution in [0, 0.1) is 5.41 Å². The van der Waals surface area contributed by atoms with Crippen molar-refractivity contribution in [2.45, 2.75) is 32.9 Å². The van der Waals surface area contributed by atoms with Gasteiger partial charge in [-0.3, -0.25) is 9.59 Å². The van der Waals surface area contributed by atoms with Crippen molar-refractivity contribution in [1.82, 2.24) is 14.7 Å². The Balaban J connectivity index is 1.80. The smallest absolute Gasteiger partial charge is 0.397 e. The topological polar surface area (TPSA) is 90.5 Å². The number of hydrogen-bond acceptors (Lipinski definition) is 5. The zero-order chi connectivity index (χ0) is 27.1. The van der Waals surface area contributed by atoms with Gasteiger partial charge < -0.3 is 15.4 Å². The fourth-order valence-corrected chi connectivity index (χ4v) is 4.60. The Labute approximate surface area is 213 Å². The number of ketones is 1. The highest BCUT2D eigenvalue weighted by Crippen LogP contribution is 2.41. The molecule has 0 atom stereocenters. The third-order valence-electron chi connectivity index (χ3n) is 6.51. The minimum atomic E-state index is -4.47. The molecule has 0 bridgehead atoms. The van der Waals surface area contributed by atoms with Gasteiger partial charge >= 0.3 is 6.18 Å². The third-order valence-corrected chi connectivity index (χ3v) is 6.51. The summed E-state index contributed by atoms with van der Waals surface area (Å²) in [5, 5.41) is 4.67. The van der Waals surface area contributed by atoms with E-state index in [4.69, 9.17) is 10.5 Å². The zero-order valence-electron chi connectivity index (χ0n) is 21.1. The molecule has 0 radical (unpaired) electrons. The van der Waals surface area contributed by atoms with Crippen LogP contribution >= 0.6 is 0 Å². The van der Waals surface area contributed by atoms with E-state index in [-0.39, 0.29) is 29.2 Å². The number of halogens is 3. The Morgan fingerprint density at radius 2 is 1.84 bits per heavy atom. The predicted molar refractivity (Wildman–Crippen MR) is 134 cm³/mol. The minimum Gasteiger partial charge on any atom is -0.397 e. The molecule has 1 aliphatic carbocycles. The van der Waals surface area contributed by atoms with Crippen LogP contribution in [0.15, 0.2) is 42.5 Å². The normalized spacial score (nSPS) is 14.9. The van der Waals surface area contributed by atoms with E-state index < -0.39 is 11.7 Å². The van der Waals surface area contributed by atoms with Crippen molar-refractivity contribution in [1.29, 1.82) is 0 Å².